The summed E-state index contributed by atoms with van der Waals surface area (Å²) >= 11 is 5.97. The SMILES string of the molecule is C#CCNC1CCc2cc3sc(N(C)S)nc3cc21. The Kier molecular flexibility index (Phi) is 3.40. The minimum Gasteiger partial charge on any atom is -0.299 e. The van der Waals surface area contributed by atoms with Crippen molar-refractivity contribution >= 4 is 39.5 Å². The summed E-state index contributed by atoms with van der Waals surface area (Å²) in [5.41, 5.74) is 3.81. The zero-order chi connectivity index (χ0) is 13.4. The summed E-state index contributed by atoms with van der Waals surface area (Å²) in [7, 11) is 1.89. The molecule has 0 aliphatic heterocycles. The molecule has 0 spiro atoms. The highest BCUT2D eigenvalue weighted by Crippen LogP contribution is 2.37. The molecule has 1 N–H and O–H groups in total. The lowest BCUT2D eigenvalue weighted by molar-refractivity contribution is 0.568. The molecule has 1 unspecified atom stereocenters. The number of thiazole rings is 1. The molecule has 1 aromatic heterocycles. The van der Waals surface area contributed by atoms with Crippen LogP contribution in [0.2, 0.25) is 0 Å². The molecule has 0 fully saturated rings. The second-order valence-electron chi connectivity index (χ2n) is 4.72. The molecule has 0 saturated carbocycles. The number of thiol groups is 1. The van der Waals surface area contributed by atoms with Crippen molar-refractivity contribution < 1.29 is 0 Å². The summed E-state index contributed by atoms with van der Waals surface area (Å²) < 4.78 is 2.98. The van der Waals surface area contributed by atoms with Crippen LogP contribution in [-0.2, 0) is 6.42 Å². The quantitative estimate of drug-likeness (QED) is 0.672. The molecule has 1 atom stereocenters. The number of hydrogen-bond donors (Lipinski definition) is 2. The Balaban J connectivity index is 2.00. The third-order valence-corrected chi connectivity index (χ3v) is 4.86. The van der Waals surface area contributed by atoms with Crippen LogP contribution in [0.25, 0.3) is 10.2 Å². The van der Waals surface area contributed by atoms with E-state index >= 15 is 0 Å². The molecular formula is C14H15N3S2. The van der Waals surface area contributed by atoms with Gasteiger partial charge in [0.2, 0.25) is 0 Å². The van der Waals surface area contributed by atoms with Crippen LogP contribution in [0.3, 0.4) is 0 Å². The summed E-state index contributed by atoms with van der Waals surface area (Å²) in [5.74, 6) is 2.64. The van der Waals surface area contributed by atoms with Gasteiger partial charge in [-0.15, -0.1) is 6.42 Å². The van der Waals surface area contributed by atoms with E-state index in [-0.39, 0.29) is 0 Å². The van der Waals surface area contributed by atoms with E-state index in [0.717, 1.165) is 23.5 Å². The van der Waals surface area contributed by atoms with Gasteiger partial charge in [0.1, 0.15) is 0 Å². The zero-order valence-corrected chi connectivity index (χ0v) is 12.4. The number of aromatic nitrogens is 1. The van der Waals surface area contributed by atoms with Crippen LogP contribution in [0, 0.1) is 12.3 Å². The van der Waals surface area contributed by atoms with Crippen molar-refractivity contribution in [3.63, 3.8) is 0 Å². The summed E-state index contributed by atoms with van der Waals surface area (Å²) in [5, 5.41) is 4.32. The lowest BCUT2D eigenvalue weighted by Gasteiger charge is -2.11. The first-order chi connectivity index (χ1) is 9.19. The Hall–Kier alpha value is -1.22. The number of terminal acetylenes is 1. The zero-order valence-electron chi connectivity index (χ0n) is 10.7. The third kappa shape index (κ3) is 2.32. The fourth-order valence-corrected chi connectivity index (χ4v) is 3.60. The maximum Gasteiger partial charge on any atom is 0.196 e. The average molecular weight is 289 g/mol. The number of benzene rings is 1. The van der Waals surface area contributed by atoms with Gasteiger partial charge in [-0.25, -0.2) is 4.98 Å². The monoisotopic (exact) mass is 289 g/mol. The van der Waals surface area contributed by atoms with Crippen LogP contribution in [0.5, 0.6) is 0 Å². The van der Waals surface area contributed by atoms with Gasteiger partial charge in [-0.1, -0.05) is 30.1 Å². The first kappa shape index (κ1) is 12.8. The van der Waals surface area contributed by atoms with Crippen molar-refractivity contribution in [1.82, 2.24) is 10.3 Å². The second kappa shape index (κ2) is 5.04. The third-order valence-electron chi connectivity index (χ3n) is 3.44. The normalized spacial score (nSPS) is 17.4. The van der Waals surface area contributed by atoms with Gasteiger partial charge in [-0.05, 0) is 36.1 Å². The fourth-order valence-electron chi connectivity index (χ4n) is 2.55. The Morgan fingerprint density at radius 1 is 1.63 bits per heavy atom. The fraction of sp³-hybridized carbons (Fsp3) is 0.357. The largest absolute Gasteiger partial charge is 0.299 e. The predicted octanol–water partition coefficient (Wildman–Crippen LogP) is 2.79. The molecule has 0 saturated heterocycles. The standard InChI is InChI=1S/C14H15N3S2/c1-3-6-15-11-5-4-9-7-13-12(8-10(9)11)16-14(19-13)17(2)18/h1,7-8,11,15,18H,4-6H2,2H3. The maximum absolute atomic E-state index is 5.32. The predicted molar refractivity (Wildman–Crippen MR) is 84.9 cm³/mol. The van der Waals surface area contributed by atoms with Gasteiger partial charge in [-0.2, -0.15) is 0 Å². The molecular weight excluding hydrogens is 274 g/mol. The number of aryl methyl sites for hydroxylation is 1. The van der Waals surface area contributed by atoms with Gasteiger partial charge in [0, 0.05) is 13.1 Å². The molecule has 1 aliphatic carbocycles. The van der Waals surface area contributed by atoms with E-state index in [1.807, 2.05) is 7.05 Å². The molecule has 1 heterocycles. The van der Waals surface area contributed by atoms with E-state index in [1.165, 1.54) is 15.8 Å². The van der Waals surface area contributed by atoms with Crippen molar-refractivity contribution in [2.75, 3.05) is 17.9 Å². The van der Waals surface area contributed by atoms with Crippen molar-refractivity contribution in [2.45, 2.75) is 18.9 Å². The second-order valence-corrected chi connectivity index (χ2v) is 6.32. The smallest absolute Gasteiger partial charge is 0.196 e. The summed E-state index contributed by atoms with van der Waals surface area (Å²) in [4.78, 5) is 4.60. The van der Waals surface area contributed by atoms with Crippen LogP contribution in [-0.4, -0.2) is 18.6 Å². The van der Waals surface area contributed by atoms with E-state index in [0.29, 0.717) is 12.6 Å². The first-order valence-corrected chi connectivity index (χ1v) is 7.43. The van der Waals surface area contributed by atoms with Crippen molar-refractivity contribution in [2.24, 2.45) is 0 Å². The Labute approximate surface area is 122 Å². The van der Waals surface area contributed by atoms with E-state index < -0.39 is 0 Å². The number of hydrogen-bond acceptors (Lipinski definition) is 5. The summed E-state index contributed by atoms with van der Waals surface area (Å²) in [6.07, 6.45) is 7.54. The highest BCUT2D eigenvalue weighted by Gasteiger charge is 2.23. The minimum absolute atomic E-state index is 0.370. The summed E-state index contributed by atoms with van der Waals surface area (Å²) in [6.45, 7) is 0.615. The lowest BCUT2D eigenvalue weighted by atomic mass is 10.1. The lowest BCUT2D eigenvalue weighted by Crippen LogP contribution is -2.19. The van der Waals surface area contributed by atoms with Gasteiger partial charge in [0.15, 0.2) is 5.13 Å². The van der Waals surface area contributed by atoms with Crippen molar-refractivity contribution in [3.05, 3.63) is 23.3 Å². The number of nitrogens with zero attached hydrogens (tertiary/aromatic N) is 2. The number of anilines is 1. The van der Waals surface area contributed by atoms with E-state index in [9.17, 15) is 0 Å². The van der Waals surface area contributed by atoms with E-state index in [1.54, 1.807) is 15.6 Å². The van der Waals surface area contributed by atoms with E-state index in [2.05, 4.69) is 41.2 Å². The molecule has 1 aliphatic rings. The van der Waals surface area contributed by atoms with Crippen LogP contribution in [0.1, 0.15) is 23.6 Å². The topological polar surface area (TPSA) is 28.2 Å². The Morgan fingerprint density at radius 3 is 3.21 bits per heavy atom. The molecule has 3 nitrogen and oxygen atoms in total. The van der Waals surface area contributed by atoms with E-state index in [4.69, 9.17) is 6.42 Å². The van der Waals surface area contributed by atoms with Crippen molar-refractivity contribution in [1.29, 1.82) is 0 Å². The number of nitrogens with one attached hydrogen (secondary N) is 1. The van der Waals surface area contributed by atoms with Gasteiger partial charge in [0.05, 0.1) is 16.8 Å². The molecule has 0 radical (unpaired) electrons. The average Bonchev–Trinajstić information content (AvgIpc) is 2.96. The molecule has 1 aromatic carbocycles. The molecule has 5 heteroatoms. The molecule has 2 aromatic rings. The van der Waals surface area contributed by atoms with Crippen LogP contribution >= 0.6 is 24.2 Å². The number of rotatable bonds is 3. The van der Waals surface area contributed by atoms with Gasteiger partial charge in [-0.3, -0.25) is 9.62 Å². The van der Waals surface area contributed by atoms with Gasteiger partial charge in [0.25, 0.3) is 0 Å². The minimum atomic E-state index is 0.370. The molecule has 0 bridgehead atoms. The summed E-state index contributed by atoms with van der Waals surface area (Å²) in [6, 6.07) is 4.83. The van der Waals surface area contributed by atoms with Crippen LogP contribution in [0.4, 0.5) is 5.13 Å². The molecule has 3 rings (SSSR count). The van der Waals surface area contributed by atoms with Gasteiger partial charge >= 0.3 is 0 Å². The van der Waals surface area contributed by atoms with Crippen LogP contribution in [0.15, 0.2) is 12.1 Å². The number of fused-ring (bicyclic) bond motifs is 2. The Bertz CT molecular complexity index is 654. The molecule has 98 valence electrons. The highest BCUT2D eigenvalue weighted by atomic mass is 32.1. The molecule has 19 heavy (non-hydrogen) atoms. The Morgan fingerprint density at radius 2 is 2.47 bits per heavy atom. The van der Waals surface area contributed by atoms with Crippen LogP contribution < -0.4 is 9.62 Å². The first-order valence-electron chi connectivity index (χ1n) is 6.22. The highest BCUT2D eigenvalue weighted by molar-refractivity contribution is 7.82. The maximum atomic E-state index is 5.32. The molecule has 0 amide bonds. The van der Waals surface area contributed by atoms with Crippen molar-refractivity contribution in [3.8, 4) is 12.3 Å². The van der Waals surface area contributed by atoms with Gasteiger partial charge < -0.3 is 0 Å².